The monoisotopic (exact) mass is 363 g/mol. The van der Waals surface area contributed by atoms with E-state index in [2.05, 4.69) is 17.9 Å². The van der Waals surface area contributed by atoms with Crippen LogP contribution in [0.4, 0.5) is 0 Å². The summed E-state index contributed by atoms with van der Waals surface area (Å²) in [4.78, 5) is 0. The topological polar surface area (TPSA) is 68.6 Å². The molecule has 5 nitrogen and oxygen atoms in total. The molecule has 0 N–H and O–H groups in total. The van der Waals surface area contributed by atoms with E-state index in [-0.39, 0.29) is 13.2 Å². The van der Waals surface area contributed by atoms with Crippen LogP contribution >= 0.6 is 7.82 Å². The molecule has 0 aromatic heterocycles. The van der Waals surface area contributed by atoms with Gasteiger partial charge in [0.25, 0.3) is 0 Å². The Hall–Kier alpha value is -1.62. The fourth-order valence-electron chi connectivity index (χ4n) is 2.11. The second-order valence-electron chi connectivity index (χ2n) is 5.23. The molecular formula is C19H26NO4P. The summed E-state index contributed by atoms with van der Waals surface area (Å²) in [5.74, 6) is 6.01. The van der Waals surface area contributed by atoms with Crippen LogP contribution in [0.15, 0.2) is 30.3 Å². The Balaban J connectivity index is 2.74. The largest absolute Gasteiger partial charge is 0.475 e. The molecule has 25 heavy (non-hydrogen) atoms. The second kappa shape index (κ2) is 12.7. The third-order valence-corrected chi connectivity index (χ3v) is 4.88. The Kier molecular flexibility index (Phi) is 10.9. The summed E-state index contributed by atoms with van der Waals surface area (Å²) in [5.41, 5.74) is 1.16. The smallest absolute Gasteiger partial charge is 0.287 e. The van der Waals surface area contributed by atoms with Gasteiger partial charge in [-0.2, -0.15) is 5.26 Å². The van der Waals surface area contributed by atoms with Crippen LogP contribution in [0, 0.1) is 23.2 Å². The van der Waals surface area contributed by atoms with Gasteiger partial charge >= 0.3 is 7.82 Å². The van der Waals surface area contributed by atoms with Gasteiger partial charge in [0, 0.05) is 12.8 Å². The van der Waals surface area contributed by atoms with Gasteiger partial charge in [-0.05, 0) is 38.7 Å². The number of aryl methyl sites for hydroxylation is 1. The van der Waals surface area contributed by atoms with E-state index in [1.165, 1.54) is 0 Å². The van der Waals surface area contributed by atoms with E-state index in [0.717, 1.165) is 12.0 Å². The third kappa shape index (κ3) is 9.44. The molecule has 0 heterocycles. The Morgan fingerprint density at radius 1 is 1.12 bits per heavy atom. The number of phosphoric acid groups is 1. The molecule has 1 aromatic carbocycles. The first-order chi connectivity index (χ1) is 12.1. The number of nitrogens with zero attached hydrogens (tertiary/aromatic N) is 1. The number of rotatable bonds is 11. The van der Waals surface area contributed by atoms with Crippen molar-refractivity contribution in [3.63, 3.8) is 0 Å². The summed E-state index contributed by atoms with van der Waals surface area (Å²) in [6.45, 7) is 3.94. The standard InChI is InChI=1S/C19H26NO4P/c1-3-22-25(21,23-4-2)24-19(14-10-5-6-11-17-20)16-15-18-12-8-7-9-13-18/h7-9,12-13,19H,3-6,11,15-16H2,1-2H3. The number of benzene rings is 1. The molecule has 1 unspecified atom stereocenters. The molecule has 0 amide bonds. The number of nitriles is 1. The summed E-state index contributed by atoms with van der Waals surface area (Å²) < 4.78 is 28.6. The van der Waals surface area contributed by atoms with Crippen LogP contribution in [0.3, 0.4) is 0 Å². The van der Waals surface area contributed by atoms with Crippen LogP contribution in [0.2, 0.25) is 0 Å². The Morgan fingerprint density at radius 3 is 2.40 bits per heavy atom. The molecule has 0 saturated carbocycles. The van der Waals surface area contributed by atoms with Gasteiger partial charge < -0.3 is 0 Å². The lowest BCUT2D eigenvalue weighted by Crippen LogP contribution is -2.13. The third-order valence-electron chi connectivity index (χ3n) is 3.22. The van der Waals surface area contributed by atoms with Crippen LogP contribution in [0.25, 0.3) is 0 Å². The van der Waals surface area contributed by atoms with Crippen molar-refractivity contribution < 1.29 is 18.1 Å². The van der Waals surface area contributed by atoms with Crippen LogP contribution in [-0.4, -0.2) is 19.3 Å². The fourth-order valence-corrected chi connectivity index (χ4v) is 3.40. The maximum Gasteiger partial charge on any atom is 0.475 e. The SMILES string of the molecule is CCOP(=O)(OCC)OC(C#CCCCC#N)CCc1ccccc1. The molecule has 0 aliphatic heterocycles. The number of hydrogen-bond donors (Lipinski definition) is 0. The van der Waals surface area contributed by atoms with Crippen molar-refractivity contribution in [1.82, 2.24) is 0 Å². The molecule has 0 radical (unpaired) electrons. The van der Waals surface area contributed by atoms with Crippen molar-refractivity contribution >= 4 is 7.82 Å². The predicted octanol–water partition coefficient (Wildman–Crippen LogP) is 4.88. The number of unbranched alkanes of at least 4 members (excludes halogenated alkanes) is 2. The van der Waals surface area contributed by atoms with Crippen molar-refractivity contribution in [1.29, 1.82) is 5.26 Å². The Morgan fingerprint density at radius 2 is 1.80 bits per heavy atom. The fraction of sp³-hybridized carbons (Fsp3) is 0.526. The van der Waals surface area contributed by atoms with Gasteiger partial charge in [0.1, 0.15) is 6.10 Å². The molecule has 0 saturated heterocycles. The molecule has 0 fully saturated rings. The van der Waals surface area contributed by atoms with Crippen LogP contribution in [0.5, 0.6) is 0 Å². The van der Waals surface area contributed by atoms with Crippen molar-refractivity contribution in [3.05, 3.63) is 35.9 Å². The van der Waals surface area contributed by atoms with Crippen molar-refractivity contribution in [2.75, 3.05) is 13.2 Å². The average molecular weight is 363 g/mol. The van der Waals surface area contributed by atoms with Gasteiger partial charge in [0.2, 0.25) is 0 Å². The molecular weight excluding hydrogens is 337 g/mol. The second-order valence-corrected chi connectivity index (χ2v) is 6.86. The van der Waals surface area contributed by atoms with E-state index in [9.17, 15) is 4.57 Å². The molecule has 136 valence electrons. The van der Waals surface area contributed by atoms with Gasteiger partial charge in [-0.1, -0.05) is 36.3 Å². The molecule has 6 heteroatoms. The summed E-state index contributed by atoms with van der Waals surface area (Å²) in [7, 11) is -3.61. The lowest BCUT2D eigenvalue weighted by atomic mass is 10.1. The zero-order valence-electron chi connectivity index (χ0n) is 14.9. The highest BCUT2D eigenvalue weighted by molar-refractivity contribution is 7.48. The first-order valence-electron chi connectivity index (χ1n) is 8.60. The highest BCUT2D eigenvalue weighted by Crippen LogP contribution is 2.50. The lowest BCUT2D eigenvalue weighted by molar-refractivity contribution is 0.101. The average Bonchev–Trinajstić information content (AvgIpc) is 2.60. The van der Waals surface area contributed by atoms with Gasteiger partial charge in [-0.3, -0.25) is 13.6 Å². The molecule has 0 aliphatic carbocycles. The van der Waals surface area contributed by atoms with Gasteiger partial charge in [0.15, 0.2) is 0 Å². The first-order valence-corrected chi connectivity index (χ1v) is 10.1. The molecule has 1 atom stereocenters. The van der Waals surface area contributed by atoms with E-state index in [1.54, 1.807) is 13.8 Å². The quantitative estimate of drug-likeness (QED) is 0.318. The number of phosphoric ester groups is 1. The van der Waals surface area contributed by atoms with Crippen molar-refractivity contribution in [2.45, 2.75) is 52.1 Å². The van der Waals surface area contributed by atoms with Gasteiger partial charge in [-0.25, -0.2) is 4.57 Å². The Labute approximate surface area is 150 Å². The minimum Gasteiger partial charge on any atom is -0.287 e. The highest BCUT2D eigenvalue weighted by atomic mass is 31.2. The predicted molar refractivity (Wildman–Crippen MR) is 97.7 cm³/mol. The van der Waals surface area contributed by atoms with E-state index in [4.69, 9.17) is 18.8 Å². The van der Waals surface area contributed by atoms with Gasteiger partial charge in [0.05, 0.1) is 19.3 Å². The highest BCUT2D eigenvalue weighted by Gasteiger charge is 2.29. The Bertz CT molecular complexity index is 620. The van der Waals surface area contributed by atoms with E-state index in [0.29, 0.717) is 25.7 Å². The van der Waals surface area contributed by atoms with Crippen LogP contribution in [0.1, 0.15) is 45.1 Å². The molecule has 1 rings (SSSR count). The van der Waals surface area contributed by atoms with Crippen LogP contribution in [-0.2, 0) is 24.6 Å². The first kappa shape index (κ1) is 21.4. The van der Waals surface area contributed by atoms with Crippen LogP contribution < -0.4 is 0 Å². The zero-order chi connectivity index (χ0) is 18.4. The maximum absolute atomic E-state index is 12.6. The summed E-state index contributed by atoms with van der Waals surface area (Å²) in [5, 5.41) is 8.56. The summed E-state index contributed by atoms with van der Waals surface area (Å²) in [6.07, 6.45) is 2.57. The van der Waals surface area contributed by atoms with E-state index >= 15 is 0 Å². The molecule has 0 aliphatic rings. The van der Waals surface area contributed by atoms with Crippen molar-refractivity contribution in [2.24, 2.45) is 0 Å². The normalized spacial score (nSPS) is 12.0. The van der Waals surface area contributed by atoms with Gasteiger partial charge in [-0.15, -0.1) is 5.92 Å². The lowest BCUT2D eigenvalue weighted by Gasteiger charge is -2.20. The van der Waals surface area contributed by atoms with E-state index < -0.39 is 13.9 Å². The molecule has 0 bridgehead atoms. The maximum atomic E-state index is 12.6. The van der Waals surface area contributed by atoms with E-state index in [1.807, 2.05) is 30.3 Å². The van der Waals surface area contributed by atoms with Crippen molar-refractivity contribution in [3.8, 4) is 17.9 Å². The molecule has 1 aromatic rings. The molecule has 0 spiro atoms. The minimum atomic E-state index is -3.61. The minimum absolute atomic E-state index is 0.234. The summed E-state index contributed by atoms with van der Waals surface area (Å²) >= 11 is 0. The number of hydrogen-bond acceptors (Lipinski definition) is 5. The summed E-state index contributed by atoms with van der Waals surface area (Å²) in [6, 6.07) is 12.1. The zero-order valence-corrected chi connectivity index (χ0v) is 15.8.